The van der Waals surface area contributed by atoms with Crippen LogP contribution in [0.25, 0.3) is 32.7 Å². The number of fused-ring (bicyclic) bond motifs is 9. The number of allylic oxidation sites excluding steroid dienone is 2. The zero-order chi connectivity index (χ0) is 28.7. The van der Waals surface area contributed by atoms with Gasteiger partial charge in [0.05, 0.1) is 26.4 Å². The Morgan fingerprint density at radius 3 is 1.36 bits per heavy atom. The van der Waals surface area contributed by atoms with Crippen molar-refractivity contribution in [2.45, 2.75) is 0 Å². The molecule has 0 aromatic heterocycles. The van der Waals surface area contributed by atoms with Crippen molar-refractivity contribution >= 4 is 33.1 Å². The molecular weight excluding hydrogens is 536 g/mol. The fraction of sp³-hybridized carbons (Fsp3) is 0.235. The van der Waals surface area contributed by atoms with Gasteiger partial charge in [-0.1, -0.05) is 60.7 Å². The third kappa shape index (κ3) is 6.00. The number of hydrogen-bond donors (Lipinski definition) is 0. The van der Waals surface area contributed by atoms with Gasteiger partial charge in [0.1, 0.15) is 37.9 Å². The zero-order valence-corrected chi connectivity index (χ0v) is 23.0. The van der Waals surface area contributed by atoms with E-state index in [1.807, 2.05) is 48.5 Å². The summed E-state index contributed by atoms with van der Waals surface area (Å²) >= 11 is 0. The number of hydrogen-bond acceptors (Lipinski definition) is 8. The molecule has 4 aromatic carbocycles. The van der Waals surface area contributed by atoms with Crippen molar-refractivity contribution in [3.8, 4) is 22.6 Å². The first-order valence-corrected chi connectivity index (χ1v) is 13.9. The van der Waals surface area contributed by atoms with Crippen molar-refractivity contribution < 1.29 is 38.0 Å². The molecule has 0 fully saturated rings. The van der Waals surface area contributed by atoms with Crippen LogP contribution in [0.15, 0.2) is 96.5 Å². The maximum Gasteiger partial charge on any atom is 0.262 e. The molecule has 1 heterocycles. The maximum atomic E-state index is 12.6. The number of carbonyl (C=O) groups excluding carboxylic acids is 2. The van der Waals surface area contributed by atoms with Crippen LogP contribution >= 0.6 is 0 Å². The smallest absolute Gasteiger partial charge is 0.262 e. The van der Waals surface area contributed by atoms with Crippen molar-refractivity contribution in [3.63, 3.8) is 0 Å². The average molecular weight is 567 g/mol. The van der Waals surface area contributed by atoms with Crippen LogP contribution in [-0.4, -0.2) is 64.4 Å². The van der Waals surface area contributed by atoms with Crippen molar-refractivity contribution in [2.75, 3.05) is 52.9 Å². The Hall–Kier alpha value is -4.66. The summed E-state index contributed by atoms with van der Waals surface area (Å²) in [7, 11) is 0. The van der Waals surface area contributed by atoms with E-state index in [9.17, 15) is 9.59 Å². The van der Waals surface area contributed by atoms with Gasteiger partial charge in [0.2, 0.25) is 0 Å². The quantitative estimate of drug-likeness (QED) is 0.261. The van der Waals surface area contributed by atoms with E-state index in [1.165, 1.54) is 0 Å². The second-order valence-corrected chi connectivity index (χ2v) is 9.69. The van der Waals surface area contributed by atoms with E-state index in [1.54, 1.807) is 0 Å². The summed E-state index contributed by atoms with van der Waals surface area (Å²) in [5.41, 5.74) is 1.89. The van der Waals surface area contributed by atoms with E-state index < -0.39 is 5.78 Å². The van der Waals surface area contributed by atoms with Crippen LogP contribution in [0.2, 0.25) is 0 Å². The van der Waals surface area contributed by atoms with E-state index in [0.717, 1.165) is 44.8 Å². The molecule has 6 rings (SSSR count). The third-order valence-electron chi connectivity index (χ3n) is 6.97. The largest absolute Gasteiger partial charge is 0.491 e. The van der Waals surface area contributed by atoms with Gasteiger partial charge in [-0.2, -0.15) is 0 Å². The molecule has 0 radical (unpaired) electrons. The third-order valence-corrected chi connectivity index (χ3v) is 6.97. The number of carbonyl (C=O) groups is 2. The van der Waals surface area contributed by atoms with Gasteiger partial charge in [-0.25, -0.2) is 0 Å². The van der Waals surface area contributed by atoms with Crippen molar-refractivity contribution in [3.05, 3.63) is 96.5 Å². The number of Topliss-reactive ketones (excluding diaryl/α,β-unsaturated/α-hetero) is 1. The van der Waals surface area contributed by atoms with E-state index in [4.69, 9.17) is 28.4 Å². The molecule has 2 bridgehead atoms. The monoisotopic (exact) mass is 566 g/mol. The summed E-state index contributed by atoms with van der Waals surface area (Å²) in [6.07, 6.45) is 2.31. The molecule has 0 saturated heterocycles. The van der Waals surface area contributed by atoms with Crippen LogP contribution in [0.1, 0.15) is 0 Å². The van der Waals surface area contributed by atoms with Crippen LogP contribution in [0, 0.1) is 0 Å². The second kappa shape index (κ2) is 12.9. The highest BCUT2D eigenvalue weighted by Crippen LogP contribution is 2.45. The normalized spacial score (nSPS) is 17.2. The molecule has 0 atom stereocenters. The van der Waals surface area contributed by atoms with Crippen LogP contribution in [0.4, 0.5) is 0 Å². The van der Waals surface area contributed by atoms with E-state index in [-0.39, 0.29) is 43.7 Å². The molecule has 0 spiro atoms. The Morgan fingerprint density at radius 2 is 0.881 bits per heavy atom. The molecule has 0 saturated carbocycles. The van der Waals surface area contributed by atoms with Gasteiger partial charge >= 0.3 is 0 Å². The van der Waals surface area contributed by atoms with Crippen LogP contribution in [0.5, 0.6) is 11.5 Å². The Balaban J connectivity index is 1.32. The molecule has 4 aromatic rings. The highest BCUT2D eigenvalue weighted by atomic mass is 16.6. The molecule has 1 aliphatic heterocycles. The minimum Gasteiger partial charge on any atom is -0.491 e. The lowest BCUT2D eigenvalue weighted by atomic mass is 9.92. The average Bonchev–Trinajstić information content (AvgIpc) is 3.01. The fourth-order valence-corrected chi connectivity index (χ4v) is 5.07. The first kappa shape index (κ1) is 27.5. The van der Waals surface area contributed by atoms with E-state index in [2.05, 4.69) is 24.3 Å². The van der Waals surface area contributed by atoms with Gasteiger partial charge in [-0.15, -0.1) is 0 Å². The van der Waals surface area contributed by atoms with Gasteiger partial charge in [-0.05, 0) is 33.7 Å². The highest BCUT2D eigenvalue weighted by Gasteiger charge is 2.25. The lowest BCUT2D eigenvalue weighted by Gasteiger charge is -2.20. The van der Waals surface area contributed by atoms with Crippen molar-refractivity contribution in [1.29, 1.82) is 0 Å². The second-order valence-electron chi connectivity index (χ2n) is 9.69. The molecule has 1 aliphatic carbocycles. The summed E-state index contributed by atoms with van der Waals surface area (Å²) < 4.78 is 35.1. The van der Waals surface area contributed by atoms with Crippen LogP contribution < -0.4 is 9.47 Å². The number of rotatable bonds is 0. The predicted octanol–water partition coefficient (Wildman–Crippen LogP) is 5.42. The SMILES string of the molecule is O=C1C=C2OCCOCCOc3ccc4ccccc4c3-c3c(ccc4ccccc34)OCCOCCOC(=C1)C2=O. The Bertz CT molecular complexity index is 1560. The highest BCUT2D eigenvalue weighted by molar-refractivity contribution is 6.18. The van der Waals surface area contributed by atoms with Crippen molar-refractivity contribution in [2.24, 2.45) is 0 Å². The van der Waals surface area contributed by atoms with Crippen LogP contribution in [0.3, 0.4) is 0 Å². The van der Waals surface area contributed by atoms with Gasteiger partial charge in [0, 0.05) is 23.3 Å². The predicted molar refractivity (Wildman–Crippen MR) is 158 cm³/mol. The lowest BCUT2D eigenvalue weighted by Crippen LogP contribution is -2.21. The maximum absolute atomic E-state index is 12.6. The minimum absolute atomic E-state index is 0.0663. The fourth-order valence-electron chi connectivity index (χ4n) is 5.07. The number of benzene rings is 4. The lowest BCUT2D eigenvalue weighted by molar-refractivity contribution is -0.121. The van der Waals surface area contributed by atoms with E-state index >= 15 is 0 Å². The molecule has 8 nitrogen and oxygen atoms in total. The molecule has 214 valence electrons. The summed E-state index contributed by atoms with van der Waals surface area (Å²) in [6.45, 7) is 1.79. The summed E-state index contributed by atoms with van der Waals surface area (Å²) in [4.78, 5) is 24.7. The first-order chi connectivity index (χ1) is 20.7. The topological polar surface area (TPSA) is 89.5 Å². The molecule has 42 heavy (non-hydrogen) atoms. The number of ether oxygens (including phenoxy) is 6. The molecule has 0 amide bonds. The first-order valence-electron chi connectivity index (χ1n) is 13.9. The van der Waals surface area contributed by atoms with Gasteiger partial charge in [0.15, 0.2) is 17.3 Å². The molecule has 8 heteroatoms. The minimum atomic E-state index is -0.486. The Morgan fingerprint density at radius 1 is 0.452 bits per heavy atom. The zero-order valence-electron chi connectivity index (χ0n) is 23.0. The molecular formula is C34H30O8. The van der Waals surface area contributed by atoms with Crippen molar-refractivity contribution in [1.82, 2.24) is 0 Å². The van der Waals surface area contributed by atoms with E-state index in [0.29, 0.717) is 37.9 Å². The van der Waals surface area contributed by atoms with Crippen LogP contribution in [-0.2, 0) is 28.5 Å². The molecule has 0 N–H and O–H groups in total. The molecule has 2 aliphatic rings. The number of ketones is 2. The summed E-state index contributed by atoms with van der Waals surface area (Å²) in [6, 6.07) is 24.5. The Kier molecular flexibility index (Phi) is 8.44. The van der Waals surface area contributed by atoms with Gasteiger partial charge < -0.3 is 28.4 Å². The molecule has 0 unspecified atom stereocenters. The van der Waals surface area contributed by atoms with Gasteiger partial charge in [0.25, 0.3) is 5.78 Å². The summed E-state index contributed by atoms with van der Waals surface area (Å²) in [5, 5.41) is 4.27. The summed E-state index contributed by atoms with van der Waals surface area (Å²) in [5.74, 6) is 0.431. The Labute approximate surface area is 243 Å². The van der Waals surface area contributed by atoms with Gasteiger partial charge in [-0.3, -0.25) is 9.59 Å². The standard InChI is InChI=1S/C34H30O8/c35-25-21-30-34(36)31(22-25)42-20-16-38-14-18-40-29-12-10-24-6-2-4-8-27(24)33(29)32-26-7-3-1-5-23(26)9-11-28(32)39-17-13-37-15-19-41-30/h1-12,21-22H,13-20H2.